The molecule has 0 aliphatic carbocycles. The maximum absolute atomic E-state index is 12.4. The van der Waals surface area contributed by atoms with Gasteiger partial charge in [0.1, 0.15) is 5.75 Å². The van der Waals surface area contributed by atoms with Crippen LogP contribution in [-0.2, 0) is 4.79 Å². The average molecular weight is 339 g/mol. The van der Waals surface area contributed by atoms with E-state index in [-0.39, 0.29) is 11.7 Å². The lowest BCUT2D eigenvalue weighted by molar-refractivity contribution is -0.122. The van der Waals surface area contributed by atoms with Crippen molar-refractivity contribution in [1.29, 1.82) is 0 Å². The summed E-state index contributed by atoms with van der Waals surface area (Å²) in [5.41, 5.74) is 4.70. The number of hydrogen-bond donors (Lipinski definition) is 1. The first kappa shape index (κ1) is 18.7. The first-order chi connectivity index (χ1) is 11.8. The average Bonchev–Trinajstić information content (AvgIpc) is 2.57. The standard InChI is InChI=1S/C21H25NO3/c1-6-19(23)17-7-9-18(10-8-17)25-16(5)21(24)22-20-14(3)11-13(2)12-15(20)4/h7-12,16H,6H2,1-5H3,(H,22,24)/t16-/m0/s1. The molecule has 0 unspecified atom stereocenters. The summed E-state index contributed by atoms with van der Waals surface area (Å²) in [6.07, 6.45) is -0.179. The predicted molar refractivity (Wildman–Crippen MR) is 100 cm³/mol. The quantitative estimate of drug-likeness (QED) is 0.782. The first-order valence-electron chi connectivity index (χ1n) is 8.50. The van der Waals surface area contributed by atoms with E-state index < -0.39 is 6.10 Å². The lowest BCUT2D eigenvalue weighted by atomic mass is 10.0. The molecule has 4 heteroatoms. The Balaban J connectivity index is 2.04. The van der Waals surface area contributed by atoms with E-state index in [2.05, 4.69) is 5.32 Å². The van der Waals surface area contributed by atoms with E-state index in [9.17, 15) is 9.59 Å². The van der Waals surface area contributed by atoms with Gasteiger partial charge >= 0.3 is 0 Å². The number of carbonyl (C=O) groups is 2. The summed E-state index contributed by atoms with van der Waals surface area (Å²) in [6, 6.07) is 11.0. The van der Waals surface area contributed by atoms with Crippen molar-refractivity contribution in [2.24, 2.45) is 0 Å². The number of hydrogen-bond acceptors (Lipinski definition) is 3. The van der Waals surface area contributed by atoms with E-state index in [1.54, 1.807) is 31.2 Å². The normalized spacial score (nSPS) is 11.7. The minimum absolute atomic E-state index is 0.0858. The van der Waals surface area contributed by atoms with Gasteiger partial charge in [0.2, 0.25) is 0 Å². The minimum Gasteiger partial charge on any atom is -0.481 e. The van der Waals surface area contributed by atoms with Crippen LogP contribution in [0, 0.1) is 20.8 Å². The van der Waals surface area contributed by atoms with Gasteiger partial charge in [0.25, 0.3) is 5.91 Å². The SMILES string of the molecule is CCC(=O)c1ccc(O[C@@H](C)C(=O)Nc2c(C)cc(C)cc2C)cc1. The highest BCUT2D eigenvalue weighted by Crippen LogP contribution is 2.22. The van der Waals surface area contributed by atoms with Crippen LogP contribution in [0.15, 0.2) is 36.4 Å². The van der Waals surface area contributed by atoms with Crippen LogP contribution in [0.1, 0.15) is 47.3 Å². The van der Waals surface area contributed by atoms with Crippen LogP contribution in [-0.4, -0.2) is 17.8 Å². The van der Waals surface area contributed by atoms with Gasteiger partial charge in [0, 0.05) is 17.7 Å². The van der Waals surface area contributed by atoms with Gasteiger partial charge in [-0.25, -0.2) is 0 Å². The number of amides is 1. The lowest BCUT2D eigenvalue weighted by Gasteiger charge is -2.17. The zero-order valence-electron chi connectivity index (χ0n) is 15.5. The molecule has 0 aliphatic heterocycles. The first-order valence-corrected chi connectivity index (χ1v) is 8.50. The number of anilines is 1. The van der Waals surface area contributed by atoms with Crippen molar-refractivity contribution in [3.8, 4) is 5.75 Å². The van der Waals surface area contributed by atoms with E-state index in [0.29, 0.717) is 17.7 Å². The highest BCUT2D eigenvalue weighted by molar-refractivity contribution is 5.96. The van der Waals surface area contributed by atoms with E-state index in [1.807, 2.05) is 39.8 Å². The van der Waals surface area contributed by atoms with Crippen molar-refractivity contribution in [3.05, 3.63) is 58.7 Å². The van der Waals surface area contributed by atoms with Crippen molar-refractivity contribution < 1.29 is 14.3 Å². The van der Waals surface area contributed by atoms with E-state index in [4.69, 9.17) is 4.74 Å². The number of nitrogens with one attached hydrogen (secondary N) is 1. The maximum Gasteiger partial charge on any atom is 0.265 e. The Kier molecular flexibility index (Phi) is 5.97. The van der Waals surface area contributed by atoms with Crippen LogP contribution in [0.3, 0.4) is 0 Å². The summed E-state index contributed by atoms with van der Waals surface area (Å²) in [7, 11) is 0. The largest absolute Gasteiger partial charge is 0.481 e. The molecule has 2 aromatic rings. The van der Waals surface area contributed by atoms with Crippen LogP contribution in [0.4, 0.5) is 5.69 Å². The number of aryl methyl sites for hydroxylation is 3. The molecule has 0 spiro atoms. The summed E-state index contributed by atoms with van der Waals surface area (Å²) in [5.74, 6) is 0.444. The van der Waals surface area contributed by atoms with Crippen molar-refractivity contribution >= 4 is 17.4 Å². The van der Waals surface area contributed by atoms with E-state index in [1.165, 1.54) is 5.56 Å². The molecular formula is C21H25NO3. The lowest BCUT2D eigenvalue weighted by Crippen LogP contribution is -2.30. The van der Waals surface area contributed by atoms with E-state index in [0.717, 1.165) is 16.8 Å². The van der Waals surface area contributed by atoms with Crippen LogP contribution >= 0.6 is 0 Å². The van der Waals surface area contributed by atoms with Crippen molar-refractivity contribution in [2.45, 2.75) is 47.1 Å². The molecular weight excluding hydrogens is 314 g/mol. The molecule has 1 atom stereocenters. The Morgan fingerprint density at radius 2 is 1.60 bits per heavy atom. The molecule has 0 saturated carbocycles. The molecule has 0 radical (unpaired) electrons. The Bertz CT molecular complexity index is 755. The van der Waals surface area contributed by atoms with Gasteiger partial charge in [-0.05, 0) is 63.1 Å². The molecule has 1 amide bonds. The molecule has 25 heavy (non-hydrogen) atoms. The molecule has 1 N–H and O–H groups in total. The minimum atomic E-state index is -0.646. The third-order valence-corrected chi connectivity index (χ3v) is 4.10. The monoisotopic (exact) mass is 339 g/mol. The van der Waals surface area contributed by atoms with Crippen LogP contribution < -0.4 is 10.1 Å². The highest BCUT2D eigenvalue weighted by atomic mass is 16.5. The summed E-state index contributed by atoms with van der Waals surface area (Å²) < 4.78 is 5.70. The summed E-state index contributed by atoms with van der Waals surface area (Å²) in [6.45, 7) is 9.52. The molecule has 4 nitrogen and oxygen atoms in total. The summed E-state index contributed by atoms with van der Waals surface area (Å²) in [5, 5.41) is 2.95. The summed E-state index contributed by atoms with van der Waals surface area (Å²) >= 11 is 0. The second-order valence-corrected chi connectivity index (χ2v) is 6.32. The molecule has 0 saturated heterocycles. The van der Waals surface area contributed by atoms with Crippen molar-refractivity contribution in [3.63, 3.8) is 0 Å². The van der Waals surface area contributed by atoms with Crippen molar-refractivity contribution in [2.75, 3.05) is 5.32 Å². The molecule has 2 rings (SSSR count). The molecule has 132 valence electrons. The number of Topliss-reactive ketones (excluding diaryl/α,β-unsaturated/α-hetero) is 1. The number of ketones is 1. The van der Waals surface area contributed by atoms with Crippen molar-refractivity contribution in [1.82, 2.24) is 0 Å². The fourth-order valence-corrected chi connectivity index (χ4v) is 2.78. The third-order valence-electron chi connectivity index (χ3n) is 4.10. The highest BCUT2D eigenvalue weighted by Gasteiger charge is 2.17. The number of ether oxygens (including phenoxy) is 1. The van der Waals surface area contributed by atoms with Gasteiger partial charge < -0.3 is 10.1 Å². The Morgan fingerprint density at radius 3 is 2.12 bits per heavy atom. The molecule has 0 aliphatic rings. The maximum atomic E-state index is 12.4. The van der Waals surface area contributed by atoms with Gasteiger partial charge in [0.05, 0.1) is 0 Å². The van der Waals surface area contributed by atoms with Crippen LogP contribution in [0.2, 0.25) is 0 Å². The zero-order chi connectivity index (χ0) is 18.6. The summed E-state index contributed by atoms with van der Waals surface area (Å²) in [4.78, 5) is 24.1. The van der Waals surface area contributed by atoms with Gasteiger partial charge in [-0.1, -0.05) is 24.6 Å². The van der Waals surface area contributed by atoms with E-state index >= 15 is 0 Å². The Labute approximate surface area is 149 Å². The molecule has 0 heterocycles. The second kappa shape index (κ2) is 7.97. The molecule has 0 aromatic heterocycles. The predicted octanol–water partition coefficient (Wildman–Crippen LogP) is 4.61. The van der Waals surface area contributed by atoms with Gasteiger partial charge in [-0.15, -0.1) is 0 Å². The Hall–Kier alpha value is -2.62. The van der Waals surface area contributed by atoms with Crippen LogP contribution in [0.25, 0.3) is 0 Å². The topological polar surface area (TPSA) is 55.4 Å². The van der Waals surface area contributed by atoms with Gasteiger partial charge in [-0.2, -0.15) is 0 Å². The second-order valence-electron chi connectivity index (χ2n) is 6.32. The van der Waals surface area contributed by atoms with Gasteiger partial charge in [0.15, 0.2) is 11.9 Å². The smallest absolute Gasteiger partial charge is 0.265 e. The molecule has 0 fully saturated rings. The molecule has 2 aromatic carbocycles. The Morgan fingerprint density at radius 1 is 1.04 bits per heavy atom. The van der Waals surface area contributed by atoms with Crippen LogP contribution in [0.5, 0.6) is 5.75 Å². The number of carbonyl (C=O) groups excluding carboxylic acids is 2. The zero-order valence-corrected chi connectivity index (χ0v) is 15.5. The number of benzene rings is 2. The fraction of sp³-hybridized carbons (Fsp3) is 0.333. The number of rotatable bonds is 6. The fourth-order valence-electron chi connectivity index (χ4n) is 2.78. The van der Waals surface area contributed by atoms with Gasteiger partial charge in [-0.3, -0.25) is 9.59 Å². The molecule has 0 bridgehead atoms. The third kappa shape index (κ3) is 4.69.